The number of amides is 1. The number of carbonyl (C=O) groups is 1. The van der Waals surface area contributed by atoms with Crippen molar-refractivity contribution in [2.75, 3.05) is 19.0 Å². The van der Waals surface area contributed by atoms with Gasteiger partial charge in [0.15, 0.2) is 23.0 Å². The molecule has 4 aromatic carbocycles. The number of rotatable bonds is 12. The maximum atomic E-state index is 12.6. The highest BCUT2D eigenvalue weighted by Crippen LogP contribution is 2.38. The van der Waals surface area contributed by atoms with Crippen molar-refractivity contribution in [3.8, 4) is 29.1 Å². The second kappa shape index (κ2) is 14.5. The molecule has 1 N–H and O–H groups in total. The molecule has 0 aliphatic heterocycles. The molecule has 0 aromatic heterocycles. The van der Waals surface area contributed by atoms with E-state index in [4.69, 9.17) is 30.5 Å². The fourth-order valence-corrected chi connectivity index (χ4v) is 4.19. The molecule has 0 aliphatic carbocycles. The van der Waals surface area contributed by atoms with Gasteiger partial charge in [-0.1, -0.05) is 66.2 Å². The molecule has 0 aliphatic rings. The molecule has 0 unspecified atom stereocenters. The fourth-order valence-electron chi connectivity index (χ4n) is 3.92. The van der Waals surface area contributed by atoms with Gasteiger partial charge in [-0.05, 0) is 66.1 Å². The van der Waals surface area contributed by atoms with Crippen molar-refractivity contribution in [1.82, 2.24) is 0 Å². The Morgan fingerprint density at radius 3 is 2.24 bits per heavy atom. The first-order valence-electron chi connectivity index (χ1n) is 12.9. The number of hydrogen-bond acceptors (Lipinski definition) is 6. The van der Waals surface area contributed by atoms with Gasteiger partial charge in [0.25, 0.3) is 5.91 Å². The number of benzene rings is 4. The van der Waals surface area contributed by atoms with Crippen LogP contribution in [0.25, 0.3) is 6.08 Å². The van der Waals surface area contributed by atoms with Crippen LogP contribution in [0.15, 0.2) is 96.6 Å². The lowest BCUT2D eigenvalue weighted by atomic mass is 10.1. The SMILES string of the molecule is CCOc1cc(COc2c(Cl)cc(/C=C(\C#N)C(=O)Nc3ccccc3)cc2OC)ccc1OCc1ccccc1. The molecule has 208 valence electrons. The summed E-state index contributed by atoms with van der Waals surface area (Å²) in [5.74, 6) is 1.41. The maximum absolute atomic E-state index is 12.6. The minimum absolute atomic E-state index is 0.0846. The molecule has 4 aromatic rings. The van der Waals surface area contributed by atoms with Gasteiger partial charge >= 0.3 is 0 Å². The predicted molar refractivity (Wildman–Crippen MR) is 159 cm³/mol. The van der Waals surface area contributed by atoms with Crippen LogP contribution in [0.5, 0.6) is 23.0 Å². The van der Waals surface area contributed by atoms with Crippen molar-refractivity contribution in [2.45, 2.75) is 20.1 Å². The molecule has 0 bridgehead atoms. The van der Waals surface area contributed by atoms with E-state index in [1.54, 1.807) is 36.4 Å². The molecule has 1 amide bonds. The van der Waals surface area contributed by atoms with Crippen LogP contribution in [0.3, 0.4) is 0 Å². The van der Waals surface area contributed by atoms with Gasteiger partial charge in [0, 0.05) is 5.69 Å². The molecular weight excluding hydrogens is 540 g/mol. The summed E-state index contributed by atoms with van der Waals surface area (Å²) in [5.41, 5.74) is 2.91. The number of halogens is 1. The monoisotopic (exact) mass is 568 g/mol. The lowest BCUT2D eigenvalue weighted by molar-refractivity contribution is -0.112. The van der Waals surface area contributed by atoms with Crippen molar-refractivity contribution in [1.29, 1.82) is 5.26 Å². The van der Waals surface area contributed by atoms with Crippen LogP contribution < -0.4 is 24.3 Å². The van der Waals surface area contributed by atoms with Crippen LogP contribution in [0, 0.1) is 11.3 Å². The van der Waals surface area contributed by atoms with Crippen molar-refractivity contribution < 1.29 is 23.7 Å². The van der Waals surface area contributed by atoms with Gasteiger partial charge in [-0.3, -0.25) is 4.79 Å². The summed E-state index contributed by atoms with van der Waals surface area (Å²) < 4.78 is 23.4. The molecule has 0 spiro atoms. The number of ether oxygens (including phenoxy) is 4. The van der Waals surface area contributed by atoms with Crippen LogP contribution in [0.1, 0.15) is 23.6 Å². The molecule has 0 radical (unpaired) electrons. The molecule has 8 heteroatoms. The van der Waals surface area contributed by atoms with Gasteiger partial charge in [-0.2, -0.15) is 5.26 Å². The van der Waals surface area contributed by atoms with Gasteiger partial charge in [-0.25, -0.2) is 0 Å². The Morgan fingerprint density at radius 1 is 0.854 bits per heavy atom. The molecule has 0 saturated heterocycles. The third-order valence-electron chi connectivity index (χ3n) is 5.89. The van der Waals surface area contributed by atoms with Gasteiger partial charge < -0.3 is 24.3 Å². The third-order valence-corrected chi connectivity index (χ3v) is 6.17. The summed E-state index contributed by atoms with van der Waals surface area (Å²) >= 11 is 6.56. The highest BCUT2D eigenvalue weighted by molar-refractivity contribution is 6.32. The summed E-state index contributed by atoms with van der Waals surface area (Å²) in [6.07, 6.45) is 1.44. The van der Waals surface area contributed by atoms with Crippen LogP contribution in [-0.2, 0) is 18.0 Å². The van der Waals surface area contributed by atoms with E-state index in [9.17, 15) is 10.1 Å². The standard InChI is InChI=1S/C33H29ClN2O5/c1-3-39-30-18-24(14-15-29(30)40-21-23-10-6-4-7-11-23)22-41-32-28(34)17-25(19-31(32)38-2)16-26(20-35)33(37)36-27-12-8-5-9-13-27/h4-19H,3,21-22H2,1-2H3,(H,36,37)/b26-16+. The summed E-state index contributed by atoms with van der Waals surface area (Å²) in [4.78, 5) is 12.6. The van der Waals surface area contributed by atoms with E-state index in [0.717, 1.165) is 11.1 Å². The summed E-state index contributed by atoms with van der Waals surface area (Å²) in [6, 6.07) is 29.6. The van der Waals surface area contributed by atoms with Crippen LogP contribution in [-0.4, -0.2) is 19.6 Å². The first-order chi connectivity index (χ1) is 20.0. The Hall–Kier alpha value is -4.93. The van der Waals surface area contributed by atoms with Crippen LogP contribution in [0.4, 0.5) is 5.69 Å². The van der Waals surface area contributed by atoms with E-state index in [0.29, 0.717) is 47.5 Å². The van der Waals surface area contributed by atoms with E-state index in [1.165, 1.54) is 13.2 Å². The second-order valence-electron chi connectivity index (χ2n) is 8.80. The maximum Gasteiger partial charge on any atom is 0.266 e. The zero-order chi connectivity index (χ0) is 29.0. The zero-order valence-electron chi connectivity index (χ0n) is 22.7. The molecule has 7 nitrogen and oxygen atoms in total. The topological polar surface area (TPSA) is 89.8 Å². The fraction of sp³-hybridized carbons (Fsp3) is 0.152. The Kier molecular flexibility index (Phi) is 10.2. The molecule has 0 fully saturated rings. The molecule has 0 saturated carbocycles. The number of methoxy groups -OCH3 is 1. The Balaban J connectivity index is 1.48. The van der Waals surface area contributed by atoms with Crippen molar-refractivity contribution in [3.63, 3.8) is 0 Å². The molecular formula is C33H29ClN2O5. The molecule has 0 heterocycles. The first-order valence-corrected chi connectivity index (χ1v) is 13.3. The first kappa shape index (κ1) is 29.1. The van der Waals surface area contributed by atoms with Gasteiger partial charge in [-0.15, -0.1) is 0 Å². The average molecular weight is 569 g/mol. The largest absolute Gasteiger partial charge is 0.493 e. The van der Waals surface area contributed by atoms with Gasteiger partial charge in [0.1, 0.15) is 24.9 Å². The molecule has 4 rings (SSSR count). The average Bonchev–Trinajstić information content (AvgIpc) is 2.99. The Bertz CT molecular complexity index is 1550. The Morgan fingerprint density at radius 2 is 1.56 bits per heavy atom. The van der Waals surface area contributed by atoms with Crippen LogP contribution in [0.2, 0.25) is 5.02 Å². The number of nitrogens with zero attached hydrogens (tertiary/aromatic N) is 1. The van der Waals surface area contributed by atoms with E-state index in [2.05, 4.69) is 5.32 Å². The van der Waals surface area contributed by atoms with E-state index >= 15 is 0 Å². The molecule has 0 atom stereocenters. The number of nitrogens with one attached hydrogen (secondary N) is 1. The number of para-hydroxylation sites is 1. The number of carbonyl (C=O) groups excluding carboxylic acids is 1. The number of nitriles is 1. The summed E-state index contributed by atoms with van der Waals surface area (Å²) in [5, 5.41) is 12.6. The Labute approximate surface area is 244 Å². The predicted octanol–water partition coefficient (Wildman–Crippen LogP) is 7.45. The van der Waals surface area contributed by atoms with Gasteiger partial charge in [0.2, 0.25) is 0 Å². The second-order valence-corrected chi connectivity index (χ2v) is 9.21. The highest BCUT2D eigenvalue weighted by Gasteiger charge is 2.15. The van der Waals surface area contributed by atoms with Crippen molar-refractivity contribution in [3.05, 3.63) is 118 Å². The quantitative estimate of drug-likeness (QED) is 0.141. The van der Waals surface area contributed by atoms with Crippen molar-refractivity contribution >= 4 is 29.3 Å². The number of hydrogen-bond donors (Lipinski definition) is 1. The lowest BCUT2D eigenvalue weighted by Crippen LogP contribution is -2.13. The molecule has 41 heavy (non-hydrogen) atoms. The van der Waals surface area contributed by atoms with E-state index in [-0.39, 0.29) is 17.2 Å². The highest BCUT2D eigenvalue weighted by atomic mass is 35.5. The van der Waals surface area contributed by atoms with E-state index in [1.807, 2.05) is 67.6 Å². The van der Waals surface area contributed by atoms with Gasteiger partial charge in [0.05, 0.1) is 18.7 Å². The number of anilines is 1. The zero-order valence-corrected chi connectivity index (χ0v) is 23.5. The normalized spacial score (nSPS) is 10.8. The smallest absolute Gasteiger partial charge is 0.266 e. The summed E-state index contributed by atoms with van der Waals surface area (Å²) in [7, 11) is 1.49. The van der Waals surface area contributed by atoms with E-state index < -0.39 is 5.91 Å². The minimum Gasteiger partial charge on any atom is -0.493 e. The van der Waals surface area contributed by atoms with Crippen LogP contribution >= 0.6 is 11.6 Å². The minimum atomic E-state index is -0.532. The third kappa shape index (κ3) is 8.04. The summed E-state index contributed by atoms with van der Waals surface area (Å²) in [6.45, 7) is 3.00. The van der Waals surface area contributed by atoms with Crippen molar-refractivity contribution in [2.24, 2.45) is 0 Å². The lowest BCUT2D eigenvalue weighted by Gasteiger charge is -2.16.